The fourth-order valence-corrected chi connectivity index (χ4v) is 1.27. The van der Waals surface area contributed by atoms with Crippen molar-refractivity contribution in [2.24, 2.45) is 0 Å². The summed E-state index contributed by atoms with van der Waals surface area (Å²) in [7, 11) is 0. The molecule has 0 heterocycles. The van der Waals surface area contributed by atoms with Crippen molar-refractivity contribution in [1.82, 2.24) is 0 Å². The SMILES string of the molecule is O=C(CC(=O)C(F)(F)Cl)c1cccc(Cl)c1. The Hall–Kier alpha value is -1.00. The lowest BCUT2D eigenvalue weighted by Crippen LogP contribution is -2.24. The van der Waals surface area contributed by atoms with Gasteiger partial charge in [0.1, 0.15) is 0 Å². The van der Waals surface area contributed by atoms with Crippen molar-refractivity contribution in [1.29, 1.82) is 0 Å². The minimum Gasteiger partial charge on any atom is -0.294 e. The molecule has 0 radical (unpaired) electrons. The fraction of sp³-hybridized carbons (Fsp3) is 0.200. The minimum atomic E-state index is -4.01. The molecule has 1 aromatic carbocycles. The molecule has 0 aliphatic rings. The second-order valence-electron chi connectivity index (χ2n) is 3.03. The zero-order valence-electron chi connectivity index (χ0n) is 7.84. The number of Topliss-reactive ketones (excluding diaryl/α,β-unsaturated/α-hetero) is 2. The van der Waals surface area contributed by atoms with E-state index in [2.05, 4.69) is 11.6 Å². The number of halogens is 4. The van der Waals surface area contributed by atoms with Gasteiger partial charge in [0, 0.05) is 10.6 Å². The molecule has 0 aliphatic carbocycles. The Morgan fingerprint density at radius 1 is 1.31 bits per heavy atom. The Kier molecular flexibility index (Phi) is 3.99. The normalized spacial score (nSPS) is 11.2. The number of hydrogen-bond acceptors (Lipinski definition) is 2. The van der Waals surface area contributed by atoms with Crippen LogP contribution in [0.5, 0.6) is 0 Å². The average Bonchev–Trinajstić information content (AvgIpc) is 2.16. The molecule has 0 aromatic heterocycles. The highest BCUT2D eigenvalue weighted by Crippen LogP contribution is 2.22. The van der Waals surface area contributed by atoms with Crippen LogP contribution in [0.15, 0.2) is 24.3 Å². The van der Waals surface area contributed by atoms with E-state index in [1.807, 2.05) is 0 Å². The van der Waals surface area contributed by atoms with Crippen LogP contribution in [0.2, 0.25) is 5.02 Å². The van der Waals surface area contributed by atoms with Gasteiger partial charge in [-0.2, -0.15) is 8.78 Å². The molecule has 0 saturated heterocycles. The Morgan fingerprint density at radius 3 is 2.44 bits per heavy atom. The number of carbonyl (C=O) groups is 2. The highest BCUT2D eigenvalue weighted by Gasteiger charge is 2.36. The molecule has 0 unspecified atom stereocenters. The van der Waals surface area contributed by atoms with Gasteiger partial charge in [0.2, 0.25) is 5.78 Å². The monoisotopic (exact) mass is 266 g/mol. The second-order valence-corrected chi connectivity index (χ2v) is 3.94. The van der Waals surface area contributed by atoms with Crippen molar-refractivity contribution in [2.45, 2.75) is 11.8 Å². The molecule has 0 atom stereocenters. The summed E-state index contributed by atoms with van der Waals surface area (Å²) in [4.78, 5) is 22.2. The molecule has 16 heavy (non-hydrogen) atoms. The predicted molar refractivity (Wildman–Crippen MR) is 56.2 cm³/mol. The van der Waals surface area contributed by atoms with E-state index >= 15 is 0 Å². The van der Waals surface area contributed by atoms with Crippen molar-refractivity contribution in [3.63, 3.8) is 0 Å². The summed E-state index contributed by atoms with van der Waals surface area (Å²) in [5.41, 5.74) is 0.0989. The summed E-state index contributed by atoms with van der Waals surface area (Å²) < 4.78 is 24.6. The number of ketones is 2. The van der Waals surface area contributed by atoms with Gasteiger partial charge in [0.25, 0.3) is 0 Å². The maximum atomic E-state index is 12.3. The largest absolute Gasteiger partial charge is 0.380 e. The molecule has 0 fully saturated rings. The summed E-state index contributed by atoms with van der Waals surface area (Å²) in [6, 6.07) is 5.69. The molecular formula is C10H6Cl2F2O2. The van der Waals surface area contributed by atoms with E-state index in [9.17, 15) is 18.4 Å². The lowest BCUT2D eigenvalue weighted by Gasteiger charge is -2.05. The number of rotatable bonds is 4. The van der Waals surface area contributed by atoms with E-state index < -0.39 is 23.4 Å². The predicted octanol–water partition coefficient (Wildman–Crippen LogP) is 3.31. The van der Waals surface area contributed by atoms with Crippen molar-refractivity contribution < 1.29 is 18.4 Å². The molecule has 0 saturated carbocycles. The first-order valence-corrected chi connectivity index (χ1v) is 4.95. The molecule has 1 rings (SSSR count). The zero-order chi connectivity index (χ0) is 12.3. The van der Waals surface area contributed by atoms with Gasteiger partial charge in [-0.15, -0.1) is 0 Å². The topological polar surface area (TPSA) is 34.1 Å². The van der Waals surface area contributed by atoms with E-state index in [0.717, 1.165) is 0 Å². The highest BCUT2D eigenvalue weighted by atomic mass is 35.5. The van der Waals surface area contributed by atoms with Gasteiger partial charge in [0.05, 0.1) is 6.42 Å². The lowest BCUT2D eigenvalue weighted by atomic mass is 10.1. The lowest BCUT2D eigenvalue weighted by molar-refractivity contribution is -0.132. The van der Waals surface area contributed by atoms with Gasteiger partial charge in [-0.3, -0.25) is 9.59 Å². The van der Waals surface area contributed by atoms with Crippen LogP contribution in [-0.2, 0) is 4.79 Å². The van der Waals surface area contributed by atoms with E-state index in [1.165, 1.54) is 24.3 Å². The number of alkyl halides is 3. The summed E-state index contributed by atoms with van der Waals surface area (Å²) >= 11 is 10.1. The smallest absolute Gasteiger partial charge is 0.294 e. The van der Waals surface area contributed by atoms with Gasteiger partial charge < -0.3 is 0 Å². The van der Waals surface area contributed by atoms with E-state index in [-0.39, 0.29) is 10.6 Å². The van der Waals surface area contributed by atoms with Crippen molar-refractivity contribution >= 4 is 34.8 Å². The molecule has 0 spiro atoms. The molecular weight excluding hydrogens is 261 g/mol. The van der Waals surface area contributed by atoms with Gasteiger partial charge in [-0.25, -0.2) is 0 Å². The van der Waals surface area contributed by atoms with Crippen molar-refractivity contribution in [3.05, 3.63) is 34.9 Å². The van der Waals surface area contributed by atoms with Gasteiger partial charge >= 0.3 is 5.38 Å². The van der Waals surface area contributed by atoms with Gasteiger partial charge in [-0.05, 0) is 23.7 Å². The van der Waals surface area contributed by atoms with Gasteiger partial charge in [-0.1, -0.05) is 23.7 Å². The first-order valence-electron chi connectivity index (χ1n) is 4.19. The zero-order valence-corrected chi connectivity index (χ0v) is 9.36. The Bertz CT molecular complexity index is 427. The first-order chi connectivity index (χ1) is 7.30. The van der Waals surface area contributed by atoms with Crippen LogP contribution < -0.4 is 0 Å². The van der Waals surface area contributed by atoms with E-state index in [1.54, 1.807) is 0 Å². The summed E-state index contributed by atoms with van der Waals surface area (Å²) in [5, 5.41) is -3.72. The molecule has 2 nitrogen and oxygen atoms in total. The standard InChI is InChI=1S/C10H6Cl2F2O2/c11-7-3-1-2-6(4-7)8(15)5-9(16)10(12,13)14/h1-4H,5H2. The number of benzene rings is 1. The quantitative estimate of drug-likeness (QED) is 0.476. The molecule has 6 heteroatoms. The first kappa shape index (κ1) is 13.1. The molecule has 0 N–H and O–H groups in total. The third kappa shape index (κ3) is 3.54. The second kappa shape index (κ2) is 4.89. The van der Waals surface area contributed by atoms with Crippen LogP contribution in [0.3, 0.4) is 0 Å². The average molecular weight is 267 g/mol. The van der Waals surface area contributed by atoms with Crippen LogP contribution in [0.4, 0.5) is 8.78 Å². The number of hydrogen-bond donors (Lipinski definition) is 0. The third-order valence-corrected chi connectivity index (χ3v) is 2.23. The molecule has 86 valence electrons. The maximum absolute atomic E-state index is 12.3. The Morgan fingerprint density at radius 2 is 1.94 bits per heavy atom. The van der Waals surface area contributed by atoms with Crippen LogP contribution >= 0.6 is 23.2 Å². The molecule has 0 bridgehead atoms. The van der Waals surface area contributed by atoms with Crippen LogP contribution in [0, 0.1) is 0 Å². The summed E-state index contributed by atoms with van der Waals surface area (Å²) in [5.74, 6) is -2.37. The van der Waals surface area contributed by atoms with Gasteiger partial charge in [0.15, 0.2) is 5.78 Å². The van der Waals surface area contributed by atoms with E-state index in [4.69, 9.17) is 11.6 Å². The van der Waals surface area contributed by atoms with Crippen molar-refractivity contribution in [2.75, 3.05) is 0 Å². The number of carbonyl (C=O) groups excluding carboxylic acids is 2. The Labute approximate surface area is 100 Å². The highest BCUT2D eigenvalue weighted by molar-refractivity contribution is 6.34. The summed E-state index contributed by atoms with van der Waals surface area (Å²) in [6.45, 7) is 0. The Balaban J connectivity index is 2.78. The van der Waals surface area contributed by atoms with E-state index in [0.29, 0.717) is 0 Å². The van der Waals surface area contributed by atoms with Crippen LogP contribution in [-0.4, -0.2) is 16.9 Å². The summed E-state index contributed by atoms with van der Waals surface area (Å²) in [6.07, 6.45) is -0.948. The minimum absolute atomic E-state index is 0.0989. The molecule has 1 aromatic rings. The van der Waals surface area contributed by atoms with Crippen LogP contribution in [0.1, 0.15) is 16.8 Å². The molecule has 0 aliphatic heterocycles. The van der Waals surface area contributed by atoms with Crippen LogP contribution in [0.25, 0.3) is 0 Å². The van der Waals surface area contributed by atoms with Crippen molar-refractivity contribution in [3.8, 4) is 0 Å². The fourth-order valence-electron chi connectivity index (χ4n) is 1.01. The third-order valence-electron chi connectivity index (χ3n) is 1.78. The molecule has 0 amide bonds. The maximum Gasteiger partial charge on any atom is 0.380 e.